The van der Waals surface area contributed by atoms with Gasteiger partial charge in [0, 0.05) is 17.7 Å². The van der Waals surface area contributed by atoms with E-state index < -0.39 is 12.1 Å². The largest absolute Gasteiger partial charge is 0.453 e. The molecule has 5 rings (SSSR count). The van der Waals surface area contributed by atoms with Crippen LogP contribution in [0.4, 0.5) is 4.79 Å². The molecular formula is C30H30N6O3. The van der Waals surface area contributed by atoms with Crippen LogP contribution in [0.25, 0.3) is 22.0 Å². The van der Waals surface area contributed by atoms with Crippen molar-refractivity contribution in [2.24, 2.45) is 5.92 Å². The molecule has 9 heteroatoms. The van der Waals surface area contributed by atoms with Crippen LogP contribution in [0.5, 0.6) is 0 Å². The molecule has 198 valence electrons. The molecule has 2 unspecified atom stereocenters. The molecule has 2 amide bonds. The highest BCUT2D eigenvalue weighted by Crippen LogP contribution is 2.30. The van der Waals surface area contributed by atoms with Crippen molar-refractivity contribution in [1.29, 1.82) is 0 Å². The molecular weight excluding hydrogens is 492 g/mol. The van der Waals surface area contributed by atoms with Gasteiger partial charge in [-0.15, -0.1) is 0 Å². The van der Waals surface area contributed by atoms with Crippen LogP contribution in [0.1, 0.15) is 43.9 Å². The summed E-state index contributed by atoms with van der Waals surface area (Å²) in [5.74, 6) is 6.68. The predicted octanol–water partition coefficient (Wildman–Crippen LogP) is 4.56. The normalized spacial score (nSPS) is 15.6. The summed E-state index contributed by atoms with van der Waals surface area (Å²) >= 11 is 0. The lowest BCUT2D eigenvalue weighted by atomic mass is 10.0. The van der Waals surface area contributed by atoms with Crippen LogP contribution in [0.3, 0.4) is 0 Å². The first-order valence-electron chi connectivity index (χ1n) is 12.7. The van der Waals surface area contributed by atoms with Crippen LogP contribution < -0.4 is 5.32 Å². The van der Waals surface area contributed by atoms with Crippen molar-refractivity contribution >= 4 is 22.8 Å². The molecule has 0 spiro atoms. The number of carbonyl (C=O) groups excluding carboxylic acids is 2. The molecule has 2 aromatic heterocycles. The third-order valence-electron chi connectivity index (χ3n) is 6.74. The molecule has 2 atom stereocenters. The van der Waals surface area contributed by atoms with Crippen molar-refractivity contribution in [3.63, 3.8) is 0 Å². The van der Waals surface area contributed by atoms with Crippen LogP contribution in [-0.4, -0.2) is 56.5 Å². The van der Waals surface area contributed by atoms with Crippen molar-refractivity contribution < 1.29 is 14.3 Å². The Balaban J connectivity index is 1.34. The summed E-state index contributed by atoms with van der Waals surface area (Å²) in [6.07, 6.45) is 6.52. The summed E-state index contributed by atoms with van der Waals surface area (Å²) in [6.45, 7) is 6.20. The first kappa shape index (κ1) is 25.8. The van der Waals surface area contributed by atoms with Crippen LogP contribution in [-0.2, 0) is 9.53 Å². The van der Waals surface area contributed by atoms with Crippen LogP contribution in [0.2, 0.25) is 0 Å². The molecule has 3 N–H and O–H groups in total. The van der Waals surface area contributed by atoms with Crippen molar-refractivity contribution in [3.8, 4) is 23.1 Å². The van der Waals surface area contributed by atoms with Crippen LogP contribution in [0, 0.1) is 17.8 Å². The number of rotatable bonds is 5. The van der Waals surface area contributed by atoms with Gasteiger partial charge in [-0.1, -0.05) is 49.6 Å². The number of H-pyrrole nitrogens is 2. The average molecular weight is 523 g/mol. The quantitative estimate of drug-likeness (QED) is 0.262. The predicted molar refractivity (Wildman–Crippen MR) is 148 cm³/mol. The lowest BCUT2D eigenvalue weighted by molar-refractivity contribution is -0.135. The highest BCUT2D eigenvalue weighted by Gasteiger charge is 2.36. The Morgan fingerprint density at radius 3 is 2.67 bits per heavy atom. The van der Waals surface area contributed by atoms with Crippen molar-refractivity contribution in [2.45, 2.75) is 32.9 Å². The molecule has 4 aromatic rings. The third kappa shape index (κ3) is 5.55. The Morgan fingerprint density at radius 2 is 1.92 bits per heavy atom. The van der Waals surface area contributed by atoms with Crippen molar-refractivity contribution in [2.75, 3.05) is 13.7 Å². The molecule has 1 aliphatic rings. The second kappa shape index (κ2) is 10.9. The lowest BCUT2D eigenvalue weighted by Crippen LogP contribution is -2.51. The fourth-order valence-electron chi connectivity index (χ4n) is 4.69. The number of imidazole rings is 2. The van der Waals surface area contributed by atoms with E-state index in [-0.39, 0.29) is 17.9 Å². The molecule has 9 nitrogen and oxygen atoms in total. The molecule has 0 radical (unpaired) electrons. The Bertz CT molecular complexity index is 1610. The van der Waals surface area contributed by atoms with Crippen LogP contribution >= 0.6 is 0 Å². The number of fused-ring (bicyclic) bond motifs is 1. The highest BCUT2D eigenvalue weighted by atomic mass is 16.5. The van der Waals surface area contributed by atoms with E-state index in [1.54, 1.807) is 23.6 Å². The van der Waals surface area contributed by atoms with Gasteiger partial charge in [-0.25, -0.2) is 14.8 Å². The summed E-state index contributed by atoms with van der Waals surface area (Å²) < 4.78 is 4.72. The molecule has 0 fully saturated rings. The lowest BCUT2D eigenvalue weighted by Gasteiger charge is -2.30. The number of aromatic amines is 2. The monoisotopic (exact) mass is 522 g/mol. The number of hydrogen-bond acceptors (Lipinski definition) is 5. The van der Waals surface area contributed by atoms with Gasteiger partial charge in [0.15, 0.2) is 0 Å². The maximum absolute atomic E-state index is 13.4. The second-order valence-electron chi connectivity index (χ2n) is 9.96. The first-order chi connectivity index (χ1) is 18.8. The van der Waals surface area contributed by atoms with E-state index in [1.807, 2.05) is 32.9 Å². The molecule has 1 aliphatic heterocycles. The van der Waals surface area contributed by atoms with Crippen molar-refractivity contribution in [1.82, 2.24) is 30.2 Å². The molecule has 0 bridgehead atoms. The Morgan fingerprint density at radius 1 is 1.13 bits per heavy atom. The van der Waals surface area contributed by atoms with E-state index in [2.05, 4.69) is 67.4 Å². The number of nitrogens with one attached hydrogen (secondary N) is 3. The minimum absolute atomic E-state index is 0.116. The minimum atomic E-state index is -0.711. The second-order valence-corrected chi connectivity index (χ2v) is 9.96. The van der Waals surface area contributed by atoms with Gasteiger partial charge >= 0.3 is 6.09 Å². The maximum atomic E-state index is 13.4. The number of carbonyl (C=O) groups is 2. The van der Waals surface area contributed by atoms with E-state index in [0.29, 0.717) is 18.1 Å². The van der Waals surface area contributed by atoms with E-state index >= 15 is 0 Å². The number of nitrogens with zero attached hydrogens (tertiary/aromatic N) is 3. The highest BCUT2D eigenvalue weighted by molar-refractivity contribution is 5.88. The molecule has 0 saturated carbocycles. The van der Waals surface area contributed by atoms with E-state index in [0.717, 1.165) is 33.2 Å². The number of ether oxygens (including phenoxy) is 1. The first-order valence-corrected chi connectivity index (χ1v) is 12.7. The average Bonchev–Trinajstić information content (AvgIpc) is 3.70. The maximum Gasteiger partial charge on any atom is 0.407 e. The number of methoxy groups -OCH3 is 1. The fraction of sp³-hybridized carbons (Fsp3) is 0.267. The number of aromatic nitrogens is 4. The Labute approximate surface area is 226 Å². The smallest absolute Gasteiger partial charge is 0.407 e. The van der Waals surface area contributed by atoms with Gasteiger partial charge in [-0.2, -0.15) is 0 Å². The van der Waals surface area contributed by atoms with Gasteiger partial charge in [0.1, 0.15) is 23.6 Å². The van der Waals surface area contributed by atoms with Gasteiger partial charge in [0.25, 0.3) is 0 Å². The summed E-state index contributed by atoms with van der Waals surface area (Å²) in [7, 11) is 1.28. The number of benzene rings is 2. The molecule has 39 heavy (non-hydrogen) atoms. The third-order valence-corrected chi connectivity index (χ3v) is 6.74. The van der Waals surface area contributed by atoms with Gasteiger partial charge in [-0.3, -0.25) is 4.79 Å². The van der Waals surface area contributed by atoms with Crippen LogP contribution in [0.15, 0.2) is 66.8 Å². The summed E-state index contributed by atoms with van der Waals surface area (Å²) in [4.78, 5) is 42.0. The van der Waals surface area contributed by atoms with Gasteiger partial charge in [0.2, 0.25) is 5.91 Å². The number of hydrogen-bond donors (Lipinski definition) is 3. The standard InChI is InChI=1S/C30H30N6O3/c1-18(2)27(35-30(38)39-4)29(37)36-16-19(3)11-26(36)28-32-14-24(34-28)10-6-20-5-7-22-13-23(9-8-21(22)12-20)25-15-31-17-33-25/h5,7-9,11-15,17-18,26-27H,16H2,1-4H3,(H,31,33)(H,32,34)(H,35,38). The summed E-state index contributed by atoms with van der Waals surface area (Å²) in [5, 5.41) is 4.87. The van der Waals surface area contributed by atoms with E-state index in [9.17, 15) is 9.59 Å². The number of alkyl carbamates (subject to hydrolysis) is 1. The summed E-state index contributed by atoms with van der Waals surface area (Å²) in [6, 6.07) is 11.3. The van der Waals surface area contributed by atoms with Gasteiger partial charge in [0.05, 0.1) is 31.5 Å². The minimum Gasteiger partial charge on any atom is -0.453 e. The zero-order chi connectivity index (χ0) is 27.5. The molecule has 2 aromatic carbocycles. The van der Waals surface area contributed by atoms with E-state index in [4.69, 9.17) is 4.74 Å². The fourth-order valence-corrected chi connectivity index (χ4v) is 4.69. The SMILES string of the molecule is COC(=O)NC(C(=O)N1CC(C)=CC1c1ncc(C#Cc2ccc3cc(-c4cnc[nH]4)ccc3c2)[nH]1)C(C)C. The summed E-state index contributed by atoms with van der Waals surface area (Å²) in [5.41, 5.74) is 4.63. The number of amides is 2. The van der Waals surface area contributed by atoms with Gasteiger partial charge in [-0.05, 0) is 47.7 Å². The van der Waals surface area contributed by atoms with Crippen molar-refractivity contribution in [3.05, 3.63) is 83.9 Å². The zero-order valence-corrected chi connectivity index (χ0v) is 22.3. The Kier molecular flexibility index (Phi) is 7.19. The molecule has 3 heterocycles. The van der Waals surface area contributed by atoms with Gasteiger partial charge < -0.3 is 24.9 Å². The Hall–Kier alpha value is -4.84. The molecule has 0 saturated heterocycles. The zero-order valence-electron chi connectivity index (χ0n) is 22.3. The van der Waals surface area contributed by atoms with E-state index in [1.165, 1.54) is 7.11 Å². The topological polar surface area (TPSA) is 116 Å². The molecule has 0 aliphatic carbocycles.